The van der Waals surface area contributed by atoms with Crippen molar-refractivity contribution in [1.82, 2.24) is 5.32 Å². The van der Waals surface area contributed by atoms with E-state index in [1.807, 2.05) is 0 Å². The molecule has 0 aromatic heterocycles. The zero-order valence-corrected chi connectivity index (χ0v) is 13.6. The molecule has 0 saturated carbocycles. The first-order valence-electron chi connectivity index (χ1n) is 8.27. The molecule has 1 aliphatic rings. The van der Waals surface area contributed by atoms with Crippen LogP contribution in [0.4, 0.5) is 0 Å². The van der Waals surface area contributed by atoms with Crippen LogP contribution in [0.25, 0.3) is 0 Å². The van der Waals surface area contributed by atoms with Crippen molar-refractivity contribution in [2.75, 3.05) is 19.7 Å². The number of halogens is 1. The molecule has 2 atom stereocenters. The van der Waals surface area contributed by atoms with Gasteiger partial charge in [-0.15, -0.1) is 0 Å². The number of nitrogens with one attached hydrogen (secondary N) is 1. The topological polar surface area (TPSA) is 38.3 Å². The Balaban J connectivity index is 2.08. The molecule has 0 aliphatic carbocycles. The first kappa shape index (κ1) is 17.9. The third-order valence-corrected chi connectivity index (χ3v) is 4.35. The lowest BCUT2D eigenvalue weighted by molar-refractivity contribution is -0.121. The summed E-state index contributed by atoms with van der Waals surface area (Å²) in [6, 6.07) is 0. The highest BCUT2D eigenvalue weighted by atomic mass is 35.5. The minimum Gasteiger partial charge on any atom is -0.375 e. The summed E-state index contributed by atoms with van der Waals surface area (Å²) >= 11 is 5.73. The molecule has 1 saturated heterocycles. The maximum Gasteiger partial charge on any atom is 0.227 e. The predicted molar refractivity (Wildman–Crippen MR) is 84.2 cm³/mol. The molecule has 0 bridgehead atoms. The lowest BCUT2D eigenvalue weighted by atomic mass is 9.95. The summed E-state index contributed by atoms with van der Waals surface area (Å²) in [5, 5.41) is 3.03. The number of carbonyl (C=O) groups excluding carboxylic acids is 1. The van der Waals surface area contributed by atoms with Gasteiger partial charge in [-0.25, -0.2) is 0 Å². The van der Waals surface area contributed by atoms with Crippen LogP contribution in [0.1, 0.15) is 64.7 Å². The number of ether oxygens (including phenoxy) is 1. The fourth-order valence-corrected chi connectivity index (χ4v) is 3.04. The Hall–Kier alpha value is -0.120. The summed E-state index contributed by atoms with van der Waals surface area (Å²) in [5.41, 5.74) is 0. The van der Waals surface area contributed by atoms with Crippen molar-refractivity contribution in [2.45, 2.75) is 70.8 Å². The SMILES string of the molecule is CCCCCCCCCCC(C(=O)Cl)C1CNCCO1. The van der Waals surface area contributed by atoms with Crippen molar-refractivity contribution in [3.8, 4) is 0 Å². The Morgan fingerprint density at radius 2 is 1.85 bits per heavy atom. The molecule has 20 heavy (non-hydrogen) atoms. The first-order valence-corrected chi connectivity index (χ1v) is 8.65. The van der Waals surface area contributed by atoms with Crippen molar-refractivity contribution < 1.29 is 9.53 Å². The molecule has 0 aromatic carbocycles. The van der Waals surface area contributed by atoms with E-state index in [-0.39, 0.29) is 17.3 Å². The van der Waals surface area contributed by atoms with Crippen LogP contribution < -0.4 is 5.32 Å². The number of rotatable bonds is 11. The summed E-state index contributed by atoms with van der Waals surface area (Å²) in [4.78, 5) is 11.5. The van der Waals surface area contributed by atoms with Crippen LogP contribution in [0.15, 0.2) is 0 Å². The van der Waals surface area contributed by atoms with Crippen molar-refractivity contribution in [3.05, 3.63) is 0 Å². The van der Waals surface area contributed by atoms with Gasteiger partial charge in [0.2, 0.25) is 5.24 Å². The number of carbonyl (C=O) groups is 1. The highest BCUT2D eigenvalue weighted by molar-refractivity contribution is 6.64. The van der Waals surface area contributed by atoms with Gasteiger partial charge in [0.25, 0.3) is 0 Å². The second-order valence-electron chi connectivity index (χ2n) is 5.79. The molecule has 0 amide bonds. The van der Waals surface area contributed by atoms with E-state index in [1.54, 1.807) is 0 Å². The molecule has 1 N–H and O–H groups in total. The Labute approximate surface area is 128 Å². The van der Waals surface area contributed by atoms with Crippen molar-refractivity contribution >= 4 is 16.8 Å². The molecule has 1 fully saturated rings. The van der Waals surface area contributed by atoms with E-state index in [2.05, 4.69) is 12.2 Å². The van der Waals surface area contributed by atoms with Crippen molar-refractivity contribution in [2.24, 2.45) is 5.92 Å². The summed E-state index contributed by atoms with van der Waals surface area (Å²) in [5.74, 6) is -0.135. The maximum atomic E-state index is 11.5. The number of hydrogen-bond acceptors (Lipinski definition) is 3. The van der Waals surface area contributed by atoms with Gasteiger partial charge in [0.1, 0.15) is 0 Å². The quantitative estimate of drug-likeness (QED) is 0.465. The zero-order chi connectivity index (χ0) is 14.6. The third-order valence-electron chi connectivity index (χ3n) is 4.07. The zero-order valence-electron chi connectivity index (χ0n) is 12.8. The van der Waals surface area contributed by atoms with Crippen LogP contribution >= 0.6 is 11.6 Å². The second-order valence-corrected chi connectivity index (χ2v) is 6.16. The van der Waals surface area contributed by atoms with Crippen LogP contribution in [-0.2, 0) is 9.53 Å². The van der Waals surface area contributed by atoms with Crippen molar-refractivity contribution in [1.29, 1.82) is 0 Å². The Morgan fingerprint density at radius 1 is 1.20 bits per heavy atom. The number of morpholine rings is 1. The number of unbranched alkanes of at least 4 members (excludes halogenated alkanes) is 7. The van der Waals surface area contributed by atoms with E-state index in [1.165, 1.54) is 44.9 Å². The van der Waals surface area contributed by atoms with Crippen LogP contribution in [-0.4, -0.2) is 31.0 Å². The molecule has 0 radical (unpaired) electrons. The molecule has 1 heterocycles. The molecule has 4 heteroatoms. The highest BCUT2D eigenvalue weighted by Crippen LogP contribution is 2.21. The summed E-state index contributed by atoms with van der Waals surface area (Å²) in [6.45, 7) is 4.55. The summed E-state index contributed by atoms with van der Waals surface area (Å²) in [7, 11) is 0. The van der Waals surface area contributed by atoms with Gasteiger partial charge in [-0.3, -0.25) is 4.79 Å². The van der Waals surface area contributed by atoms with E-state index >= 15 is 0 Å². The Kier molecular flexibility index (Phi) is 10.3. The van der Waals surface area contributed by atoms with Gasteiger partial charge in [-0.05, 0) is 18.0 Å². The first-order chi connectivity index (χ1) is 9.75. The largest absolute Gasteiger partial charge is 0.375 e. The molecule has 2 unspecified atom stereocenters. The standard InChI is InChI=1S/C16H30ClNO2/c1-2-3-4-5-6-7-8-9-10-14(16(17)19)15-13-18-11-12-20-15/h14-15,18H,2-13H2,1H3. The average molecular weight is 304 g/mol. The molecule has 0 aromatic rings. The molecular weight excluding hydrogens is 274 g/mol. The van der Waals surface area contributed by atoms with Gasteiger partial charge in [-0.2, -0.15) is 0 Å². The lowest BCUT2D eigenvalue weighted by Crippen LogP contribution is -2.44. The van der Waals surface area contributed by atoms with Crippen LogP contribution in [0, 0.1) is 5.92 Å². The molecule has 3 nitrogen and oxygen atoms in total. The average Bonchev–Trinajstić information content (AvgIpc) is 2.46. The Morgan fingerprint density at radius 3 is 2.40 bits per heavy atom. The highest BCUT2D eigenvalue weighted by Gasteiger charge is 2.28. The van der Waals surface area contributed by atoms with Crippen LogP contribution in [0.2, 0.25) is 0 Å². The van der Waals surface area contributed by atoms with Crippen LogP contribution in [0.3, 0.4) is 0 Å². The van der Waals surface area contributed by atoms with Gasteiger partial charge in [0.05, 0.1) is 18.6 Å². The monoisotopic (exact) mass is 303 g/mol. The predicted octanol–water partition coefficient (Wildman–Crippen LogP) is 3.89. The van der Waals surface area contributed by atoms with E-state index in [9.17, 15) is 4.79 Å². The second kappa shape index (κ2) is 11.5. The summed E-state index contributed by atoms with van der Waals surface area (Å²) < 4.78 is 5.66. The van der Waals surface area contributed by atoms with E-state index in [0.29, 0.717) is 6.61 Å². The smallest absolute Gasteiger partial charge is 0.227 e. The van der Waals surface area contributed by atoms with Gasteiger partial charge in [0, 0.05) is 13.1 Å². The van der Waals surface area contributed by atoms with Crippen LogP contribution in [0.5, 0.6) is 0 Å². The van der Waals surface area contributed by atoms with Gasteiger partial charge in [0.15, 0.2) is 0 Å². The van der Waals surface area contributed by atoms with E-state index in [4.69, 9.17) is 16.3 Å². The normalized spacial score (nSPS) is 20.8. The van der Waals surface area contributed by atoms with Gasteiger partial charge < -0.3 is 10.1 Å². The maximum absolute atomic E-state index is 11.5. The van der Waals surface area contributed by atoms with E-state index in [0.717, 1.165) is 25.9 Å². The fraction of sp³-hybridized carbons (Fsp3) is 0.938. The number of hydrogen-bond donors (Lipinski definition) is 1. The van der Waals surface area contributed by atoms with Gasteiger partial charge in [-0.1, -0.05) is 58.3 Å². The lowest BCUT2D eigenvalue weighted by Gasteiger charge is -2.28. The molecule has 1 rings (SSSR count). The fourth-order valence-electron chi connectivity index (χ4n) is 2.79. The van der Waals surface area contributed by atoms with Crippen molar-refractivity contribution in [3.63, 3.8) is 0 Å². The Bertz CT molecular complexity index is 255. The third kappa shape index (κ3) is 7.61. The summed E-state index contributed by atoms with van der Waals surface area (Å²) in [6.07, 6.45) is 11.1. The minimum absolute atomic E-state index is 0.0293. The minimum atomic E-state index is -0.235. The molecule has 118 valence electrons. The molecular formula is C16H30ClNO2. The van der Waals surface area contributed by atoms with Gasteiger partial charge >= 0.3 is 0 Å². The van der Waals surface area contributed by atoms with E-state index < -0.39 is 0 Å². The molecule has 1 aliphatic heterocycles. The molecule has 0 spiro atoms.